The van der Waals surface area contributed by atoms with E-state index in [0.717, 1.165) is 18.5 Å². The van der Waals surface area contributed by atoms with Gasteiger partial charge in [0, 0.05) is 53.6 Å². The Morgan fingerprint density at radius 3 is 2.68 bits per heavy atom. The van der Waals surface area contributed by atoms with E-state index in [2.05, 4.69) is 33.4 Å². The largest absolute Gasteiger partial charge is 0.361 e. The van der Waals surface area contributed by atoms with Crippen molar-refractivity contribution in [3.63, 3.8) is 0 Å². The van der Waals surface area contributed by atoms with Crippen LogP contribution in [0.2, 0.25) is 0 Å². The van der Waals surface area contributed by atoms with E-state index in [0.29, 0.717) is 12.2 Å². The Balaban J connectivity index is 1.35. The summed E-state index contributed by atoms with van der Waals surface area (Å²) < 4.78 is 0. The summed E-state index contributed by atoms with van der Waals surface area (Å²) in [6, 6.07) is 14.1. The van der Waals surface area contributed by atoms with Crippen LogP contribution in [0.1, 0.15) is 12.0 Å². The fraction of sp³-hybridized carbons (Fsp3) is 0.190. The standard InChI is InChI=1S/C21H20N4O3/c26-21(23-16-5-7-17(8-6-16)25(27)28)14-24-11-9-15(10-12-24)19-13-22-20-4-2-1-3-18(19)20/h1-9,13,22H,10-12,14H2,(H,23,26). The third kappa shape index (κ3) is 3.79. The number of aromatic nitrogens is 1. The Hall–Kier alpha value is -3.45. The number of para-hydroxylation sites is 1. The predicted octanol–water partition coefficient (Wildman–Crippen LogP) is 3.80. The maximum Gasteiger partial charge on any atom is 0.269 e. The molecule has 2 N–H and O–H groups in total. The first kappa shape index (κ1) is 17.9. The topological polar surface area (TPSA) is 91.3 Å². The molecule has 0 bridgehead atoms. The number of hydrogen-bond acceptors (Lipinski definition) is 4. The Labute approximate surface area is 161 Å². The second kappa shape index (κ2) is 7.66. The summed E-state index contributed by atoms with van der Waals surface area (Å²) in [5.41, 5.74) is 4.21. The molecule has 0 radical (unpaired) electrons. The van der Waals surface area contributed by atoms with Crippen LogP contribution in [0.15, 0.2) is 60.8 Å². The van der Waals surface area contributed by atoms with Gasteiger partial charge in [-0.1, -0.05) is 24.3 Å². The van der Waals surface area contributed by atoms with Crippen molar-refractivity contribution in [3.05, 3.63) is 76.5 Å². The molecule has 7 nitrogen and oxygen atoms in total. The van der Waals surface area contributed by atoms with Crippen molar-refractivity contribution < 1.29 is 9.72 Å². The molecule has 1 aliphatic heterocycles. The van der Waals surface area contributed by atoms with Gasteiger partial charge in [0.05, 0.1) is 11.5 Å². The maximum atomic E-state index is 12.3. The van der Waals surface area contributed by atoms with E-state index in [1.807, 2.05) is 18.3 Å². The monoisotopic (exact) mass is 376 g/mol. The molecule has 2 aromatic carbocycles. The van der Waals surface area contributed by atoms with E-state index in [9.17, 15) is 14.9 Å². The number of benzene rings is 2. The quantitative estimate of drug-likeness (QED) is 0.523. The Morgan fingerprint density at radius 1 is 1.18 bits per heavy atom. The van der Waals surface area contributed by atoms with Crippen molar-refractivity contribution in [2.24, 2.45) is 0 Å². The number of carbonyl (C=O) groups excluding carboxylic acids is 1. The average molecular weight is 376 g/mol. The summed E-state index contributed by atoms with van der Waals surface area (Å²) in [6.07, 6.45) is 5.11. The molecule has 28 heavy (non-hydrogen) atoms. The fourth-order valence-electron chi connectivity index (χ4n) is 3.51. The summed E-state index contributed by atoms with van der Waals surface area (Å²) in [7, 11) is 0. The minimum absolute atomic E-state index is 0.00368. The van der Waals surface area contributed by atoms with Gasteiger partial charge in [0.2, 0.25) is 5.91 Å². The number of nitrogens with zero attached hydrogens (tertiary/aromatic N) is 2. The summed E-state index contributed by atoms with van der Waals surface area (Å²) in [4.78, 5) is 27.9. The summed E-state index contributed by atoms with van der Waals surface area (Å²) in [6.45, 7) is 1.80. The summed E-state index contributed by atoms with van der Waals surface area (Å²) >= 11 is 0. The first-order valence-electron chi connectivity index (χ1n) is 9.12. The molecule has 1 amide bonds. The number of non-ortho nitro benzene ring substituents is 1. The highest BCUT2D eigenvalue weighted by atomic mass is 16.6. The minimum atomic E-state index is -0.461. The van der Waals surface area contributed by atoms with Crippen LogP contribution in [-0.2, 0) is 4.79 Å². The molecular formula is C21H20N4O3. The van der Waals surface area contributed by atoms with E-state index in [4.69, 9.17) is 0 Å². The molecule has 0 spiro atoms. The van der Waals surface area contributed by atoms with Gasteiger partial charge in [0.15, 0.2) is 0 Å². The van der Waals surface area contributed by atoms with Gasteiger partial charge < -0.3 is 10.3 Å². The Bertz CT molecular complexity index is 1050. The van der Waals surface area contributed by atoms with Gasteiger partial charge in [-0.3, -0.25) is 19.8 Å². The van der Waals surface area contributed by atoms with Gasteiger partial charge in [0.25, 0.3) is 5.69 Å². The van der Waals surface area contributed by atoms with Gasteiger partial charge in [-0.25, -0.2) is 0 Å². The molecule has 0 unspecified atom stereocenters. The van der Waals surface area contributed by atoms with E-state index in [1.165, 1.54) is 28.7 Å². The Morgan fingerprint density at radius 2 is 1.96 bits per heavy atom. The first-order valence-corrected chi connectivity index (χ1v) is 9.12. The number of aromatic amines is 1. The van der Waals surface area contributed by atoms with E-state index < -0.39 is 4.92 Å². The summed E-state index contributed by atoms with van der Waals surface area (Å²) in [5.74, 6) is -0.127. The van der Waals surface area contributed by atoms with Gasteiger partial charge in [-0.15, -0.1) is 0 Å². The lowest BCUT2D eigenvalue weighted by Crippen LogP contribution is -2.36. The molecular weight excluding hydrogens is 356 g/mol. The maximum absolute atomic E-state index is 12.3. The van der Waals surface area contributed by atoms with Gasteiger partial charge >= 0.3 is 0 Å². The molecule has 0 saturated heterocycles. The fourth-order valence-corrected chi connectivity index (χ4v) is 3.51. The van der Waals surface area contributed by atoms with Crippen LogP contribution in [-0.4, -0.2) is 40.3 Å². The molecule has 0 aliphatic carbocycles. The van der Waals surface area contributed by atoms with Gasteiger partial charge in [-0.2, -0.15) is 0 Å². The number of nitro benzene ring substituents is 1. The molecule has 0 saturated carbocycles. The van der Waals surface area contributed by atoms with Crippen LogP contribution in [0.25, 0.3) is 16.5 Å². The number of rotatable bonds is 5. The van der Waals surface area contributed by atoms with Crippen molar-refractivity contribution in [1.29, 1.82) is 0 Å². The molecule has 1 aliphatic rings. The SMILES string of the molecule is O=C(CN1CC=C(c2c[nH]c3ccccc23)CC1)Nc1ccc([N+](=O)[O-])cc1. The van der Waals surface area contributed by atoms with Crippen molar-refractivity contribution in [3.8, 4) is 0 Å². The molecule has 2 heterocycles. The number of carbonyl (C=O) groups is 1. The van der Waals surface area contributed by atoms with Crippen molar-refractivity contribution in [2.45, 2.75) is 6.42 Å². The molecule has 4 rings (SSSR count). The number of H-pyrrole nitrogens is 1. The van der Waals surface area contributed by atoms with Crippen LogP contribution in [0.4, 0.5) is 11.4 Å². The smallest absolute Gasteiger partial charge is 0.269 e. The number of fused-ring (bicyclic) bond motifs is 1. The molecule has 1 aromatic heterocycles. The van der Waals surface area contributed by atoms with Crippen LogP contribution in [0.5, 0.6) is 0 Å². The lowest BCUT2D eigenvalue weighted by Gasteiger charge is -2.25. The zero-order chi connectivity index (χ0) is 19.5. The predicted molar refractivity (Wildman–Crippen MR) is 109 cm³/mol. The molecule has 3 aromatic rings. The average Bonchev–Trinajstić information content (AvgIpc) is 3.13. The summed E-state index contributed by atoms with van der Waals surface area (Å²) in [5, 5.41) is 14.7. The van der Waals surface area contributed by atoms with Crippen molar-refractivity contribution in [1.82, 2.24) is 9.88 Å². The highest BCUT2D eigenvalue weighted by Crippen LogP contribution is 2.29. The lowest BCUT2D eigenvalue weighted by atomic mass is 9.99. The van der Waals surface area contributed by atoms with Crippen LogP contribution in [0.3, 0.4) is 0 Å². The van der Waals surface area contributed by atoms with Crippen LogP contribution >= 0.6 is 0 Å². The number of nitro groups is 1. The van der Waals surface area contributed by atoms with E-state index in [1.54, 1.807) is 12.1 Å². The zero-order valence-electron chi connectivity index (χ0n) is 15.2. The molecule has 7 heteroatoms. The van der Waals surface area contributed by atoms with E-state index in [-0.39, 0.29) is 18.1 Å². The zero-order valence-corrected chi connectivity index (χ0v) is 15.2. The Kier molecular flexibility index (Phi) is 4.90. The third-order valence-corrected chi connectivity index (χ3v) is 4.96. The number of nitrogens with one attached hydrogen (secondary N) is 2. The van der Waals surface area contributed by atoms with E-state index >= 15 is 0 Å². The van der Waals surface area contributed by atoms with Gasteiger partial charge in [0.1, 0.15) is 0 Å². The first-order chi connectivity index (χ1) is 13.6. The molecule has 142 valence electrons. The highest BCUT2D eigenvalue weighted by Gasteiger charge is 2.17. The van der Waals surface area contributed by atoms with Gasteiger partial charge in [-0.05, 0) is 30.2 Å². The van der Waals surface area contributed by atoms with Crippen LogP contribution < -0.4 is 5.32 Å². The highest BCUT2D eigenvalue weighted by molar-refractivity contribution is 5.93. The number of anilines is 1. The molecule has 0 fully saturated rings. The second-order valence-corrected chi connectivity index (χ2v) is 6.81. The minimum Gasteiger partial charge on any atom is -0.361 e. The number of hydrogen-bond donors (Lipinski definition) is 2. The second-order valence-electron chi connectivity index (χ2n) is 6.81. The normalized spacial score (nSPS) is 14.6. The van der Waals surface area contributed by atoms with Crippen molar-refractivity contribution in [2.75, 3.05) is 25.0 Å². The van der Waals surface area contributed by atoms with Crippen molar-refractivity contribution >= 4 is 33.8 Å². The lowest BCUT2D eigenvalue weighted by molar-refractivity contribution is -0.384. The third-order valence-electron chi connectivity index (χ3n) is 4.96. The molecule has 0 atom stereocenters. The number of amides is 1. The van der Waals surface area contributed by atoms with Crippen LogP contribution in [0, 0.1) is 10.1 Å².